The minimum absolute atomic E-state index is 0. The number of hydrogen-bond acceptors (Lipinski definition) is 3. The second-order valence-electron chi connectivity index (χ2n) is 3.06. The molecule has 0 aromatic rings. The van der Waals surface area contributed by atoms with E-state index in [-0.39, 0.29) is 18.6 Å². The Morgan fingerprint density at radius 2 is 1.71 bits per heavy atom. The molecule has 1 saturated heterocycles. The molecule has 4 heteroatoms. The fourth-order valence-corrected chi connectivity index (χ4v) is 1.22. The van der Waals surface area contributed by atoms with Crippen molar-refractivity contribution in [2.75, 3.05) is 33.2 Å². The third-order valence-electron chi connectivity index (χ3n) is 1.82. The summed E-state index contributed by atoms with van der Waals surface area (Å²) in [6, 6.07) is 0. The second-order valence-corrected chi connectivity index (χ2v) is 3.06. The predicted octanol–water partition coefficient (Wildman–Crippen LogP) is 0.886. The molecule has 1 aliphatic rings. The molecule has 1 aliphatic heterocycles. The van der Waals surface area contributed by atoms with E-state index in [1.165, 1.54) is 19.5 Å². The van der Waals surface area contributed by atoms with Crippen LogP contribution in [0.1, 0.15) is 27.2 Å². The molecule has 1 unspecified atom stereocenters. The average Bonchev–Trinajstić information content (AvgIpc) is 2.56. The second kappa shape index (κ2) is 15.9. The minimum Gasteiger partial charge on any atom is -0.331 e. The molecule has 3 nitrogen and oxygen atoms in total. The molecule has 1 radical (unpaired) electrons. The van der Waals surface area contributed by atoms with Crippen molar-refractivity contribution in [1.29, 1.82) is 0 Å². The minimum atomic E-state index is 0. The van der Waals surface area contributed by atoms with Gasteiger partial charge in [-0.15, -0.1) is 0 Å². The molecule has 0 aromatic carbocycles. The van der Waals surface area contributed by atoms with E-state index in [0.29, 0.717) is 0 Å². The van der Waals surface area contributed by atoms with Gasteiger partial charge in [0.2, 0.25) is 0 Å². The van der Waals surface area contributed by atoms with Crippen molar-refractivity contribution >= 4 is 0 Å². The van der Waals surface area contributed by atoms with Crippen molar-refractivity contribution in [3.8, 4) is 0 Å². The molecule has 0 saturated carbocycles. The van der Waals surface area contributed by atoms with Gasteiger partial charge >= 0.3 is 0 Å². The van der Waals surface area contributed by atoms with Crippen LogP contribution in [0.2, 0.25) is 0 Å². The Kier molecular flexibility index (Phi) is 22.7. The summed E-state index contributed by atoms with van der Waals surface area (Å²) >= 11 is 0. The van der Waals surface area contributed by atoms with Crippen LogP contribution >= 0.6 is 0 Å². The first kappa shape index (κ1) is 20.0. The Morgan fingerprint density at radius 3 is 1.86 bits per heavy atom. The maximum Gasteiger partial charge on any atom is 0.00191 e. The van der Waals surface area contributed by atoms with E-state index >= 15 is 0 Å². The van der Waals surface area contributed by atoms with Crippen LogP contribution in [0.15, 0.2) is 0 Å². The SMILES string of the molecule is CC.CCN.CN1CCC(CN)C1.[V]. The molecule has 87 valence electrons. The van der Waals surface area contributed by atoms with Crippen molar-refractivity contribution < 1.29 is 18.6 Å². The van der Waals surface area contributed by atoms with Gasteiger partial charge in [-0.05, 0) is 39.0 Å². The molecule has 0 aliphatic carbocycles. The van der Waals surface area contributed by atoms with Gasteiger partial charge in [-0.3, -0.25) is 0 Å². The summed E-state index contributed by atoms with van der Waals surface area (Å²) in [5.74, 6) is 0.778. The number of nitrogens with two attached hydrogens (primary N) is 2. The third-order valence-corrected chi connectivity index (χ3v) is 1.82. The molecule has 14 heavy (non-hydrogen) atoms. The molecule has 0 aromatic heterocycles. The first-order chi connectivity index (χ1) is 6.24. The smallest absolute Gasteiger partial charge is 0.00191 e. The average molecular weight is 240 g/mol. The number of rotatable bonds is 1. The van der Waals surface area contributed by atoms with Crippen LogP contribution in [0.3, 0.4) is 0 Å². The van der Waals surface area contributed by atoms with Gasteiger partial charge in [0.25, 0.3) is 0 Å². The fraction of sp³-hybridized carbons (Fsp3) is 1.00. The van der Waals surface area contributed by atoms with E-state index < -0.39 is 0 Å². The zero-order valence-corrected chi connectivity index (χ0v) is 11.6. The van der Waals surface area contributed by atoms with Crippen LogP contribution in [0.4, 0.5) is 0 Å². The van der Waals surface area contributed by atoms with Crippen LogP contribution in [-0.2, 0) is 18.6 Å². The number of likely N-dealkylation sites (tertiary alicyclic amines) is 1. The molecular weight excluding hydrogens is 213 g/mol. The van der Waals surface area contributed by atoms with Gasteiger partial charge in [-0.2, -0.15) is 0 Å². The van der Waals surface area contributed by atoms with Crippen molar-refractivity contribution in [1.82, 2.24) is 4.90 Å². The van der Waals surface area contributed by atoms with Gasteiger partial charge in [0.15, 0.2) is 0 Å². The Balaban J connectivity index is -0.000000176. The van der Waals surface area contributed by atoms with Crippen molar-refractivity contribution in [3.63, 3.8) is 0 Å². The molecule has 4 N–H and O–H groups in total. The Morgan fingerprint density at radius 1 is 1.29 bits per heavy atom. The van der Waals surface area contributed by atoms with E-state index in [9.17, 15) is 0 Å². The van der Waals surface area contributed by atoms with Gasteiger partial charge in [-0.25, -0.2) is 0 Å². The van der Waals surface area contributed by atoms with Gasteiger partial charge in [-0.1, -0.05) is 20.8 Å². The third kappa shape index (κ3) is 12.5. The van der Waals surface area contributed by atoms with Crippen LogP contribution in [0.25, 0.3) is 0 Å². The van der Waals surface area contributed by atoms with Crippen LogP contribution in [0.5, 0.6) is 0 Å². The summed E-state index contributed by atoms with van der Waals surface area (Å²) in [5.41, 5.74) is 10.3. The van der Waals surface area contributed by atoms with E-state index in [1.54, 1.807) is 0 Å². The normalized spacial score (nSPS) is 19.7. The molecule has 1 rings (SSSR count). The van der Waals surface area contributed by atoms with E-state index in [1.807, 2.05) is 20.8 Å². The molecule has 0 amide bonds. The fourth-order valence-electron chi connectivity index (χ4n) is 1.22. The number of hydrogen-bond donors (Lipinski definition) is 2. The summed E-state index contributed by atoms with van der Waals surface area (Å²) in [5, 5.41) is 0. The quantitative estimate of drug-likeness (QED) is 0.715. The van der Waals surface area contributed by atoms with E-state index in [0.717, 1.165) is 19.0 Å². The zero-order valence-electron chi connectivity index (χ0n) is 10.2. The van der Waals surface area contributed by atoms with Gasteiger partial charge < -0.3 is 16.4 Å². The molecule has 1 atom stereocenters. The van der Waals surface area contributed by atoms with Crippen molar-refractivity contribution in [3.05, 3.63) is 0 Å². The first-order valence-corrected chi connectivity index (χ1v) is 5.33. The Bertz CT molecular complexity index is 91.4. The maximum absolute atomic E-state index is 5.47. The van der Waals surface area contributed by atoms with Gasteiger partial charge in [0.1, 0.15) is 0 Å². The summed E-state index contributed by atoms with van der Waals surface area (Å²) in [4.78, 5) is 2.33. The topological polar surface area (TPSA) is 55.3 Å². The first-order valence-electron chi connectivity index (χ1n) is 5.33. The van der Waals surface area contributed by atoms with Gasteiger partial charge in [0.05, 0.1) is 0 Å². The monoisotopic (exact) mass is 240 g/mol. The molecule has 0 spiro atoms. The predicted molar refractivity (Wildman–Crippen MR) is 60.7 cm³/mol. The standard InChI is InChI=1S/C6H14N2.C2H7N.C2H6.V/c1-8-3-2-6(4-7)5-8;1-2-3;1-2;/h6H,2-5,7H2,1H3;2-3H2,1H3;1-2H3;. The van der Waals surface area contributed by atoms with Gasteiger partial charge in [0, 0.05) is 25.1 Å². The van der Waals surface area contributed by atoms with E-state index in [4.69, 9.17) is 11.5 Å². The molecule has 0 bridgehead atoms. The summed E-state index contributed by atoms with van der Waals surface area (Å²) < 4.78 is 0. The van der Waals surface area contributed by atoms with Crippen LogP contribution in [-0.4, -0.2) is 38.1 Å². The Hall–Kier alpha value is 0.464. The molecule has 1 fully saturated rings. The molecule has 1 heterocycles. The summed E-state index contributed by atoms with van der Waals surface area (Å²) in [6.45, 7) is 9.96. The van der Waals surface area contributed by atoms with Crippen molar-refractivity contribution in [2.24, 2.45) is 17.4 Å². The van der Waals surface area contributed by atoms with Crippen LogP contribution < -0.4 is 11.5 Å². The number of nitrogens with zero attached hydrogens (tertiary/aromatic N) is 1. The molecular formula is C10H27N3V. The van der Waals surface area contributed by atoms with Crippen LogP contribution in [0, 0.1) is 5.92 Å². The van der Waals surface area contributed by atoms with Crippen molar-refractivity contribution in [2.45, 2.75) is 27.2 Å². The summed E-state index contributed by atoms with van der Waals surface area (Å²) in [7, 11) is 2.15. The maximum atomic E-state index is 5.47. The summed E-state index contributed by atoms with van der Waals surface area (Å²) in [6.07, 6.45) is 1.30. The Labute approximate surface area is 101 Å². The van der Waals surface area contributed by atoms with E-state index in [2.05, 4.69) is 11.9 Å². The largest absolute Gasteiger partial charge is 0.331 e. The zero-order chi connectivity index (χ0) is 10.7.